The minimum absolute atomic E-state index is 0.103. The molecule has 5 nitrogen and oxygen atoms in total. The maximum Gasteiger partial charge on any atom is 0.251 e. The summed E-state index contributed by atoms with van der Waals surface area (Å²) in [5.41, 5.74) is 0.584. The second-order valence-electron chi connectivity index (χ2n) is 4.72. The van der Waals surface area contributed by atoms with E-state index in [0.717, 1.165) is 19.4 Å². The van der Waals surface area contributed by atoms with Crippen molar-refractivity contribution in [2.75, 3.05) is 33.4 Å². The van der Waals surface area contributed by atoms with Crippen LogP contribution in [0, 0.1) is 0 Å². The first-order chi connectivity index (χ1) is 10.2. The van der Waals surface area contributed by atoms with Crippen molar-refractivity contribution in [3.05, 3.63) is 23.8 Å². The topological polar surface area (TPSA) is 59.6 Å². The number of ether oxygens (including phenoxy) is 2. The highest BCUT2D eigenvalue weighted by molar-refractivity contribution is 5.94. The average molecular weight is 294 g/mol. The molecule has 0 fully saturated rings. The van der Waals surface area contributed by atoms with Crippen LogP contribution < -0.4 is 20.1 Å². The van der Waals surface area contributed by atoms with Crippen LogP contribution in [-0.4, -0.2) is 39.3 Å². The van der Waals surface area contributed by atoms with Gasteiger partial charge >= 0.3 is 0 Å². The molecule has 0 saturated heterocycles. The van der Waals surface area contributed by atoms with Gasteiger partial charge in [0.2, 0.25) is 0 Å². The first kappa shape index (κ1) is 17.3. The first-order valence-corrected chi connectivity index (χ1v) is 7.55. The smallest absolute Gasteiger partial charge is 0.251 e. The fourth-order valence-corrected chi connectivity index (χ4v) is 1.71. The molecule has 0 aliphatic rings. The van der Waals surface area contributed by atoms with E-state index in [0.29, 0.717) is 36.8 Å². The number of hydrogen-bond donors (Lipinski definition) is 2. The molecular formula is C16H26N2O3. The van der Waals surface area contributed by atoms with Gasteiger partial charge in [-0.15, -0.1) is 0 Å². The van der Waals surface area contributed by atoms with Gasteiger partial charge in [-0.2, -0.15) is 0 Å². The van der Waals surface area contributed by atoms with Crippen molar-refractivity contribution in [2.45, 2.75) is 26.7 Å². The van der Waals surface area contributed by atoms with Gasteiger partial charge in [-0.05, 0) is 38.1 Å². The number of likely N-dealkylation sites (N-methyl/N-ethyl adjacent to an activating group) is 1. The minimum atomic E-state index is -0.103. The van der Waals surface area contributed by atoms with Gasteiger partial charge in [-0.1, -0.05) is 13.8 Å². The van der Waals surface area contributed by atoms with Crippen molar-refractivity contribution in [3.8, 4) is 11.5 Å². The van der Waals surface area contributed by atoms with Crippen LogP contribution in [0.2, 0.25) is 0 Å². The number of carbonyl (C=O) groups excluding carboxylic acids is 1. The maximum absolute atomic E-state index is 12.0. The van der Waals surface area contributed by atoms with Gasteiger partial charge in [0.15, 0.2) is 11.5 Å². The number of nitrogens with one attached hydrogen (secondary N) is 2. The molecule has 21 heavy (non-hydrogen) atoms. The Bertz CT molecular complexity index is 436. The van der Waals surface area contributed by atoms with E-state index >= 15 is 0 Å². The molecular weight excluding hydrogens is 268 g/mol. The number of rotatable bonds is 10. The number of carbonyl (C=O) groups is 1. The van der Waals surface area contributed by atoms with Gasteiger partial charge in [0, 0.05) is 18.7 Å². The largest absolute Gasteiger partial charge is 0.490 e. The van der Waals surface area contributed by atoms with E-state index in [1.807, 2.05) is 14.0 Å². The summed E-state index contributed by atoms with van der Waals surface area (Å²) in [6.07, 6.45) is 1.84. The van der Waals surface area contributed by atoms with Crippen molar-refractivity contribution in [2.24, 2.45) is 0 Å². The normalized spacial score (nSPS) is 10.2. The van der Waals surface area contributed by atoms with Gasteiger partial charge in [-0.3, -0.25) is 4.79 Å². The van der Waals surface area contributed by atoms with Crippen LogP contribution in [0.4, 0.5) is 0 Å². The van der Waals surface area contributed by atoms with E-state index in [-0.39, 0.29) is 5.91 Å². The predicted molar refractivity (Wildman–Crippen MR) is 84.3 cm³/mol. The van der Waals surface area contributed by atoms with E-state index in [2.05, 4.69) is 17.6 Å². The summed E-state index contributed by atoms with van der Waals surface area (Å²) in [6.45, 7) is 6.66. The standard InChI is InChI=1S/C16H26N2O3/c1-4-10-20-14-7-6-13(12-15(14)21-11-5-2)16(19)18-9-8-17-3/h6-7,12,17H,4-5,8-11H2,1-3H3,(H,18,19). The summed E-state index contributed by atoms with van der Waals surface area (Å²) in [7, 11) is 1.85. The summed E-state index contributed by atoms with van der Waals surface area (Å²) >= 11 is 0. The van der Waals surface area contributed by atoms with Gasteiger partial charge in [-0.25, -0.2) is 0 Å². The Hall–Kier alpha value is -1.75. The lowest BCUT2D eigenvalue weighted by molar-refractivity contribution is 0.0953. The third-order valence-electron chi connectivity index (χ3n) is 2.79. The molecule has 0 atom stereocenters. The van der Waals surface area contributed by atoms with Crippen molar-refractivity contribution in [1.29, 1.82) is 0 Å². The Morgan fingerprint density at radius 3 is 2.33 bits per heavy atom. The Kier molecular flexibility index (Phi) is 8.28. The molecule has 0 saturated carbocycles. The monoisotopic (exact) mass is 294 g/mol. The molecule has 1 rings (SSSR count). The van der Waals surface area contributed by atoms with Crippen LogP contribution >= 0.6 is 0 Å². The van der Waals surface area contributed by atoms with Crippen molar-refractivity contribution in [1.82, 2.24) is 10.6 Å². The molecule has 0 heterocycles. The third kappa shape index (κ3) is 6.04. The van der Waals surface area contributed by atoms with Crippen molar-refractivity contribution in [3.63, 3.8) is 0 Å². The average Bonchev–Trinajstić information content (AvgIpc) is 2.51. The van der Waals surface area contributed by atoms with E-state index in [4.69, 9.17) is 9.47 Å². The summed E-state index contributed by atoms with van der Waals surface area (Å²) < 4.78 is 11.3. The van der Waals surface area contributed by atoms with E-state index in [1.54, 1.807) is 18.2 Å². The predicted octanol–water partition coefficient (Wildman–Crippen LogP) is 2.21. The number of amides is 1. The molecule has 0 radical (unpaired) electrons. The Labute approximate surface area is 127 Å². The molecule has 1 aromatic carbocycles. The van der Waals surface area contributed by atoms with Crippen LogP contribution in [0.1, 0.15) is 37.0 Å². The van der Waals surface area contributed by atoms with E-state index in [9.17, 15) is 4.79 Å². The van der Waals surface area contributed by atoms with Crippen LogP contribution in [0.5, 0.6) is 11.5 Å². The third-order valence-corrected chi connectivity index (χ3v) is 2.79. The Morgan fingerprint density at radius 1 is 1.05 bits per heavy atom. The second kappa shape index (κ2) is 10.0. The second-order valence-corrected chi connectivity index (χ2v) is 4.72. The Morgan fingerprint density at radius 2 is 1.71 bits per heavy atom. The fraction of sp³-hybridized carbons (Fsp3) is 0.562. The van der Waals surface area contributed by atoms with Crippen LogP contribution in [0.3, 0.4) is 0 Å². The number of benzene rings is 1. The minimum Gasteiger partial charge on any atom is -0.490 e. The van der Waals surface area contributed by atoms with Crippen LogP contribution in [0.15, 0.2) is 18.2 Å². The Balaban J connectivity index is 2.78. The molecule has 118 valence electrons. The lowest BCUT2D eigenvalue weighted by Gasteiger charge is -2.13. The van der Waals surface area contributed by atoms with E-state index in [1.165, 1.54) is 0 Å². The van der Waals surface area contributed by atoms with Gasteiger partial charge in [0.25, 0.3) is 5.91 Å². The zero-order chi connectivity index (χ0) is 15.5. The summed E-state index contributed by atoms with van der Waals surface area (Å²) in [5, 5.41) is 5.83. The van der Waals surface area contributed by atoms with E-state index < -0.39 is 0 Å². The zero-order valence-corrected chi connectivity index (χ0v) is 13.2. The lowest BCUT2D eigenvalue weighted by Crippen LogP contribution is -2.30. The highest BCUT2D eigenvalue weighted by Crippen LogP contribution is 2.28. The molecule has 0 aliphatic carbocycles. The van der Waals surface area contributed by atoms with Crippen LogP contribution in [0.25, 0.3) is 0 Å². The van der Waals surface area contributed by atoms with Gasteiger partial charge < -0.3 is 20.1 Å². The zero-order valence-electron chi connectivity index (χ0n) is 13.2. The molecule has 2 N–H and O–H groups in total. The number of hydrogen-bond acceptors (Lipinski definition) is 4. The summed E-state index contributed by atoms with van der Waals surface area (Å²) in [6, 6.07) is 5.31. The maximum atomic E-state index is 12.0. The first-order valence-electron chi connectivity index (χ1n) is 7.55. The molecule has 0 aliphatic heterocycles. The summed E-state index contributed by atoms with van der Waals surface area (Å²) in [4.78, 5) is 12.0. The molecule has 0 spiro atoms. The summed E-state index contributed by atoms with van der Waals surface area (Å²) in [5.74, 6) is 1.22. The fourth-order valence-electron chi connectivity index (χ4n) is 1.71. The highest BCUT2D eigenvalue weighted by atomic mass is 16.5. The lowest BCUT2D eigenvalue weighted by atomic mass is 10.2. The highest BCUT2D eigenvalue weighted by Gasteiger charge is 2.11. The van der Waals surface area contributed by atoms with Gasteiger partial charge in [0.05, 0.1) is 13.2 Å². The molecule has 5 heteroatoms. The quantitative estimate of drug-likeness (QED) is 0.650. The molecule has 0 unspecified atom stereocenters. The molecule has 0 aromatic heterocycles. The molecule has 1 aromatic rings. The SMILES string of the molecule is CCCOc1ccc(C(=O)NCCNC)cc1OCCC. The van der Waals surface area contributed by atoms with Gasteiger partial charge in [0.1, 0.15) is 0 Å². The molecule has 1 amide bonds. The van der Waals surface area contributed by atoms with Crippen LogP contribution in [-0.2, 0) is 0 Å². The van der Waals surface area contributed by atoms with Crippen molar-refractivity contribution >= 4 is 5.91 Å². The van der Waals surface area contributed by atoms with Crippen molar-refractivity contribution < 1.29 is 14.3 Å². The molecule has 0 bridgehead atoms.